The highest BCUT2D eigenvalue weighted by atomic mass is 35.5. The number of rotatable bonds is 8. The van der Waals surface area contributed by atoms with E-state index in [-0.39, 0.29) is 32.9 Å². The van der Waals surface area contributed by atoms with Crippen molar-refractivity contribution in [3.05, 3.63) is 127 Å². The van der Waals surface area contributed by atoms with E-state index in [2.05, 4.69) is 31.3 Å². The molecule has 4 aromatic carbocycles. The molecule has 0 radical (unpaired) electrons. The third kappa shape index (κ3) is 7.71. The SMILES string of the molecule is CC1N=C(N)NC(c2c(Cl)cccc2Cl)=C1C(=O)Nc1ccc(S(=O)(=O)c2ccc(NC(=O)C3=C(c4c(Cl)cccc4Cl)NC(N)=NC3C)cc2)cc1. The van der Waals surface area contributed by atoms with Gasteiger partial charge in [-0.1, -0.05) is 58.5 Å². The average Bonchev–Trinajstić information content (AvgIpc) is 3.08. The zero-order chi connectivity index (χ0) is 38.2. The van der Waals surface area contributed by atoms with Gasteiger partial charge >= 0.3 is 0 Å². The Morgan fingerprint density at radius 2 is 0.925 bits per heavy atom. The summed E-state index contributed by atoms with van der Waals surface area (Å²) >= 11 is 25.8. The smallest absolute Gasteiger partial charge is 0.255 e. The number of nitrogens with one attached hydrogen (secondary N) is 4. The van der Waals surface area contributed by atoms with Crippen LogP contribution in [0.4, 0.5) is 11.4 Å². The minimum absolute atomic E-state index is 0.0240. The van der Waals surface area contributed by atoms with Gasteiger partial charge in [0.05, 0.1) is 64.5 Å². The number of carbonyl (C=O) groups is 2. The highest BCUT2D eigenvalue weighted by Gasteiger charge is 2.31. The molecule has 53 heavy (non-hydrogen) atoms. The average molecular weight is 813 g/mol. The van der Waals surface area contributed by atoms with Crippen molar-refractivity contribution < 1.29 is 18.0 Å². The maximum atomic E-state index is 13.6. The topological polar surface area (TPSA) is 193 Å². The zero-order valence-electron chi connectivity index (χ0n) is 27.8. The van der Waals surface area contributed by atoms with Crippen LogP contribution in [-0.4, -0.2) is 44.2 Å². The van der Waals surface area contributed by atoms with Crippen LogP contribution in [0.15, 0.2) is 116 Å². The zero-order valence-corrected chi connectivity index (χ0v) is 31.7. The van der Waals surface area contributed by atoms with Gasteiger partial charge in [-0.25, -0.2) is 18.4 Å². The van der Waals surface area contributed by atoms with Gasteiger partial charge in [-0.15, -0.1) is 0 Å². The molecule has 2 amide bonds. The molecular formula is C36H30Cl4N8O4S. The first-order valence-corrected chi connectivity index (χ1v) is 18.8. The van der Waals surface area contributed by atoms with Gasteiger partial charge in [0, 0.05) is 22.5 Å². The van der Waals surface area contributed by atoms with E-state index in [1.165, 1.54) is 48.5 Å². The number of aliphatic imine (C=N–C) groups is 2. The monoisotopic (exact) mass is 810 g/mol. The molecule has 2 unspecified atom stereocenters. The fourth-order valence-corrected chi connectivity index (χ4v) is 8.30. The molecule has 2 heterocycles. The summed E-state index contributed by atoms with van der Waals surface area (Å²) < 4.78 is 27.1. The number of benzene rings is 4. The number of anilines is 2. The molecule has 0 bridgehead atoms. The summed E-state index contributed by atoms with van der Waals surface area (Å²) in [7, 11) is -3.99. The Labute approximate surface area is 324 Å². The lowest BCUT2D eigenvalue weighted by molar-refractivity contribution is -0.113. The van der Waals surface area contributed by atoms with E-state index in [1.807, 2.05) is 0 Å². The van der Waals surface area contributed by atoms with E-state index in [9.17, 15) is 18.0 Å². The van der Waals surface area contributed by atoms with Crippen molar-refractivity contribution in [1.82, 2.24) is 10.6 Å². The van der Waals surface area contributed by atoms with Crippen molar-refractivity contribution in [2.45, 2.75) is 35.7 Å². The second kappa shape index (κ2) is 15.1. The van der Waals surface area contributed by atoms with Gasteiger partial charge in [-0.2, -0.15) is 0 Å². The van der Waals surface area contributed by atoms with Gasteiger partial charge in [0.2, 0.25) is 9.84 Å². The minimum Gasteiger partial charge on any atom is -0.370 e. The van der Waals surface area contributed by atoms with Crippen LogP contribution in [0.1, 0.15) is 25.0 Å². The number of sulfone groups is 1. The van der Waals surface area contributed by atoms with Crippen LogP contribution in [0.5, 0.6) is 0 Å². The summed E-state index contributed by atoms with van der Waals surface area (Å²) in [5.74, 6) is -0.863. The van der Waals surface area contributed by atoms with Gasteiger partial charge in [0.25, 0.3) is 11.8 Å². The lowest BCUT2D eigenvalue weighted by Gasteiger charge is -2.25. The lowest BCUT2D eigenvalue weighted by Crippen LogP contribution is -2.40. The lowest BCUT2D eigenvalue weighted by atomic mass is 9.98. The molecule has 0 aliphatic carbocycles. The largest absolute Gasteiger partial charge is 0.370 e. The second-order valence-electron chi connectivity index (χ2n) is 11.9. The molecule has 6 rings (SSSR count). The molecule has 0 fully saturated rings. The van der Waals surface area contributed by atoms with Crippen molar-refractivity contribution in [3.63, 3.8) is 0 Å². The number of guanidine groups is 2. The molecule has 4 aromatic rings. The standard InChI is InChI=1S/C36H30Cl4N8O4S/c1-17-27(31(47-35(41)43-17)29-23(37)5-3-6-24(29)38)33(49)45-19-9-13-21(14-10-19)53(51,52)22-15-11-20(12-16-22)46-34(50)28-18(2)44-36(42)48-32(28)30-25(39)7-4-8-26(30)40/h3-18H,1-2H3,(H,45,49)(H,46,50)(H3,41,43,47)(H3,42,44,48). The molecule has 0 aromatic heterocycles. The molecule has 2 aliphatic rings. The molecule has 12 nitrogen and oxygen atoms in total. The quantitative estimate of drug-likeness (QED) is 0.117. The van der Waals surface area contributed by atoms with Gasteiger partial charge in [0.1, 0.15) is 0 Å². The summed E-state index contributed by atoms with van der Waals surface area (Å²) in [4.78, 5) is 35.6. The first-order chi connectivity index (χ1) is 25.1. The van der Waals surface area contributed by atoms with E-state index in [0.29, 0.717) is 54.0 Å². The molecular weight excluding hydrogens is 782 g/mol. The predicted octanol–water partition coefficient (Wildman–Crippen LogP) is 6.45. The Balaban J connectivity index is 1.20. The highest BCUT2D eigenvalue weighted by Crippen LogP contribution is 2.36. The molecule has 0 saturated heterocycles. The van der Waals surface area contributed by atoms with E-state index >= 15 is 0 Å². The normalized spacial score (nSPS) is 17.3. The summed E-state index contributed by atoms with van der Waals surface area (Å²) in [6.45, 7) is 3.40. The molecule has 0 saturated carbocycles. The van der Waals surface area contributed by atoms with Crippen molar-refractivity contribution in [3.8, 4) is 0 Å². The van der Waals surface area contributed by atoms with Gasteiger partial charge in [-0.3, -0.25) is 9.59 Å². The molecule has 17 heteroatoms. The Bertz CT molecular complexity index is 2200. The number of nitrogens with zero attached hydrogens (tertiary/aromatic N) is 2. The van der Waals surface area contributed by atoms with Crippen LogP contribution >= 0.6 is 46.4 Å². The molecule has 272 valence electrons. The Kier molecular flexibility index (Phi) is 10.8. The van der Waals surface area contributed by atoms with Gasteiger partial charge in [-0.05, 0) is 86.6 Å². The number of nitrogens with two attached hydrogens (primary N) is 2. The van der Waals surface area contributed by atoms with Gasteiger partial charge in [0.15, 0.2) is 11.9 Å². The third-order valence-corrected chi connectivity index (χ3v) is 11.4. The number of amides is 2. The first-order valence-electron chi connectivity index (χ1n) is 15.8. The van der Waals surface area contributed by atoms with Crippen LogP contribution in [0.3, 0.4) is 0 Å². The van der Waals surface area contributed by atoms with E-state index in [4.69, 9.17) is 57.9 Å². The van der Waals surface area contributed by atoms with E-state index in [1.54, 1.807) is 50.2 Å². The predicted molar refractivity (Wildman–Crippen MR) is 211 cm³/mol. The summed E-state index contributed by atoms with van der Waals surface area (Å²) in [6.07, 6.45) is 0. The van der Waals surface area contributed by atoms with Crippen LogP contribution in [0.25, 0.3) is 11.4 Å². The Morgan fingerprint density at radius 1 is 0.604 bits per heavy atom. The third-order valence-electron chi connectivity index (χ3n) is 8.31. The van der Waals surface area contributed by atoms with Crippen molar-refractivity contribution in [1.29, 1.82) is 0 Å². The van der Waals surface area contributed by atoms with Crippen LogP contribution in [-0.2, 0) is 19.4 Å². The van der Waals surface area contributed by atoms with Crippen molar-refractivity contribution >= 4 is 103 Å². The van der Waals surface area contributed by atoms with Crippen LogP contribution < -0.4 is 32.7 Å². The number of carbonyl (C=O) groups excluding carboxylic acids is 2. The second-order valence-corrected chi connectivity index (χ2v) is 15.4. The molecule has 2 atom stereocenters. The van der Waals surface area contributed by atoms with Crippen molar-refractivity contribution in [2.75, 3.05) is 10.6 Å². The number of halogens is 4. The number of hydrogen-bond acceptors (Lipinski definition) is 10. The summed E-state index contributed by atoms with van der Waals surface area (Å²) in [5.41, 5.74) is 14.4. The minimum atomic E-state index is -3.99. The Morgan fingerprint density at radius 3 is 1.25 bits per heavy atom. The van der Waals surface area contributed by atoms with E-state index in [0.717, 1.165) is 0 Å². The fourth-order valence-electron chi connectivity index (χ4n) is 5.86. The van der Waals surface area contributed by atoms with E-state index < -0.39 is 33.7 Å². The molecule has 8 N–H and O–H groups in total. The fraction of sp³-hybridized carbons (Fsp3) is 0.111. The van der Waals surface area contributed by atoms with Crippen LogP contribution in [0.2, 0.25) is 20.1 Å². The Hall–Kier alpha value is -5.05. The summed E-state index contributed by atoms with van der Waals surface area (Å²) in [6, 6.07) is 19.9. The van der Waals surface area contributed by atoms with Gasteiger partial charge < -0.3 is 32.7 Å². The highest BCUT2D eigenvalue weighted by molar-refractivity contribution is 7.91. The van der Waals surface area contributed by atoms with Crippen molar-refractivity contribution in [2.24, 2.45) is 21.5 Å². The molecule has 2 aliphatic heterocycles. The first kappa shape index (κ1) is 37.7. The van der Waals surface area contributed by atoms with Crippen LogP contribution in [0, 0.1) is 0 Å². The molecule has 0 spiro atoms. The maximum Gasteiger partial charge on any atom is 0.255 e. The number of hydrogen-bond donors (Lipinski definition) is 6. The maximum absolute atomic E-state index is 13.6. The summed E-state index contributed by atoms with van der Waals surface area (Å²) in [5, 5.41) is 12.6.